The van der Waals surface area contributed by atoms with E-state index in [0.29, 0.717) is 27.5 Å². The van der Waals surface area contributed by atoms with Crippen molar-refractivity contribution in [1.29, 1.82) is 0 Å². The third-order valence-corrected chi connectivity index (χ3v) is 6.28. The van der Waals surface area contributed by atoms with Crippen molar-refractivity contribution in [3.05, 3.63) is 89.7 Å². The number of thiazole rings is 1. The van der Waals surface area contributed by atoms with Crippen molar-refractivity contribution in [3.8, 4) is 33.8 Å². The molecule has 0 atom stereocenters. The van der Waals surface area contributed by atoms with Gasteiger partial charge in [0, 0.05) is 5.56 Å². The number of ketones is 1. The summed E-state index contributed by atoms with van der Waals surface area (Å²) in [7, 11) is 1.56. The second kappa shape index (κ2) is 8.07. The third kappa shape index (κ3) is 3.50. The molecule has 0 spiro atoms. The predicted octanol–water partition coefficient (Wildman–Crippen LogP) is 5.54. The average molecular weight is 460 g/mol. The van der Waals surface area contributed by atoms with Gasteiger partial charge in [-0.3, -0.25) is 9.36 Å². The first kappa shape index (κ1) is 20.7. The Kier molecular flexibility index (Phi) is 5.07. The zero-order chi connectivity index (χ0) is 23.1. The molecule has 2 aromatic heterocycles. The molecule has 3 aromatic carbocycles. The lowest BCUT2D eigenvalue weighted by Crippen LogP contribution is -2.04. The van der Waals surface area contributed by atoms with Crippen molar-refractivity contribution < 1.29 is 24.1 Å². The molecule has 33 heavy (non-hydrogen) atoms. The number of halogens is 1. The van der Waals surface area contributed by atoms with E-state index in [-0.39, 0.29) is 11.3 Å². The second-order valence-corrected chi connectivity index (χ2v) is 8.27. The Morgan fingerprint density at radius 2 is 1.76 bits per heavy atom. The van der Waals surface area contributed by atoms with Gasteiger partial charge in [-0.1, -0.05) is 41.7 Å². The van der Waals surface area contributed by atoms with Crippen LogP contribution in [-0.4, -0.2) is 32.7 Å². The molecule has 2 heterocycles. The highest BCUT2D eigenvalue weighted by atomic mass is 32.1. The Morgan fingerprint density at radius 1 is 1.03 bits per heavy atom. The molecule has 2 N–H and O–H groups in total. The number of aromatic hydroxyl groups is 2. The fourth-order valence-electron chi connectivity index (χ4n) is 3.68. The molecule has 0 unspecified atom stereocenters. The van der Waals surface area contributed by atoms with Crippen LogP contribution in [0.25, 0.3) is 26.6 Å². The molecule has 6 nitrogen and oxygen atoms in total. The van der Waals surface area contributed by atoms with Crippen LogP contribution in [0.1, 0.15) is 15.9 Å². The zero-order valence-electron chi connectivity index (χ0n) is 17.3. The lowest BCUT2D eigenvalue weighted by Gasteiger charge is -2.09. The summed E-state index contributed by atoms with van der Waals surface area (Å²) in [4.78, 5) is 18.0. The van der Waals surface area contributed by atoms with Crippen LogP contribution in [0, 0.1) is 5.82 Å². The van der Waals surface area contributed by atoms with Gasteiger partial charge in [-0.15, -0.1) is 0 Å². The van der Waals surface area contributed by atoms with Gasteiger partial charge < -0.3 is 14.9 Å². The maximum absolute atomic E-state index is 13.7. The number of fused-ring (bicyclic) bond motifs is 1. The van der Waals surface area contributed by atoms with E-state index >= 15 is 0 Å². The minimum absolute atomic E-state index is 0.0952. The molecule has 0 bridgehead atoms. The van der Waals surface area contributed by atoms with E-state index in [9.17, 15) is 19.4 Å². The van der Waals surface area contributed by atoms with E-state index in [4.69, 9.17) is 4.74 Å². The highest BCUT2D eigenvalue weighted by molar-refractivity contribution is 7.20. The molecule has 0 aliphatic rings. The summed E-state index contributed by atoms with van der Waals surface area (Å²) in [5.74, 6) is -1.38. The van der Waals surface area contributed by atoms with Gasteiger partial charge in [0.1, 0.15) is 11.6 Å². The Balaban J connectivity index is 1.79. The van der Waals surface area contributed by atoms with E-state index in [0.717, 1.165) is 4.70 Å². The van der Waals surface area contributed by atoms with E-state index in [1.54, 1.807) is 49.6 Å². The molecule has 0 aliphatic carbocycles. The van der Waals surface area contributed by atoms with Crippen molar-refractivity contribution in [1.82, 2.24) is 9.55 Å². The summed E-state index contributed by atoms with van der Waals surface area (Å²) in [6.45, 7) is 0. The van der Waals surface area contributed by atoms with Crippen molar-refractivity contribution in [2.45, 2.75) is 0 Å². The molecule has 8 heteroatoms. The van der Waals surface area contributed by atoms with Gasteiger partial charge in [0.15, 0.2) is 16.7 Å². The molecule has 0 saturated heterocycles. The zero-order valence-corrected chi connectivity index (χ0v) is 18.1. The summed E-state index contributed by atoms with van der Waals surface area (Å²) in [6, 6.07) is 19.3. The molecular weight excluding hydrogens is 443 g/mol. The van der Waals surface area contributed by atoms with Crippen molar-refractivity contribution in [3.63, 3.8) is 0 Å². The Hall–Kier alpha value is -4.17. The first-order valence-corrected chi connectivity index (χ1v) is 10.8. The summed E-state index contributed by atoms with van der Waals surface area (Å²) < 4.78 is 21.0. The number of hydrogen-bond donors (Lipinski definition) is 2. The quantitative estimate of drug-likeness (QED) is 0.336. The van der Waals surface area contributed by atoms with Gasteiger partial charge in [0.2, 0.25) is 5.88 Å². The van der Waals surface area contributed by atoms with E-state index in [1.807, 2.05) is 6.07 Å². The summed E-state index contributed by atoms with van der Waals surface area (Å²) in [5, 5.41) is 22.1. The highest BCUT2D eigenvalue weighted by Crippen LogP contribution is 2.45. The van der Waals surface area contributed by atoms with Crippen LogP contribution in [0.5, 0.6) is 17.4 Å². The van der Waals surface area contributed by atoms with Crippen LogP contribution in [0.4, 0.5) is 4.39 Å². The molecule has 0 fully saturated rings. The molecule has 0 aliphatic heterocycles. The van der Waals surface area contributed by atoms with Crippen molar-refractivity contribution >= 4 is 27.3 Å². The number of ether oxygens (including phenoxy) is 1. The topological polar surface area (TPSA) is 84.6 Å². The van der Waals surface area contributed by atoms with Crippen LogP contribution in [0.2, 0.25) is 0 Å². The fraction of sp³-hybridized carbons (Fsp3) is 0.0400. The first-order chi connectivity index (χ1) is 16.0. The number of rotatable bonds is 5. The molecule has 5 rings (SSSR count). The van der Waals surface area contributed by atoms with Gasteiger partial charge in [0.25, 0.3) is 0 Å². The maximum Gasteiger partial charge on any atom is 0.242 e. The highest BCUT2D eigenvalue weighted by Gasteiger charge is 2.31. The monoisotopic (exact) mass is 460 g/mol. The van der Waals surface area contributed by atoms with Crippen molar-refractivity contribution in [2.75, 3.05) is 7.11 Å². The minimum Gasteiger partial charge on any atom is -0.503 e. The maximum atomic E-state index is 13.7. The molecule has 5 aromatic rings. The normalized spacial score (nSPS) is 11.1. The Bertz CT molecular complexity index is 1490. The number of carbonyl (C=O) groups is 1. The molecule has 0 saturated carbocycles. The summed E-state index contributed by atoms with van der Waals surface area (Å²) in [5.41, 5.74) is 1.54. The largest absolute Gasteiger partial charge is 0.503 e. The lowest BCUT2D eigenvalue weighted by atomic mass is 9.99. The smallest absolute Gasteiger partial charge is 0.242 e. The minimum atomic E-state index is -0.569. The van der Waals surface area contributed by atoms with Gasteiger partial charge in [-0.25, -0.2) is 9.37 Å². The van der Waals surface area contributed by atoms with Gasteiger partial charge >= 0.3 is 0 Å². The van der Waals surface area contributed by atoms with Gasteiger partial charge in [-0.2, -0.15) is 0 Å². The first-order valence-electron chi connectivity index (χ1n) is 9.95. The SMILES string of the molecule is COc1ccc2nc(-n3c(O)c(O)c(C(=O)c4ccccc4)c3-c3ccc(F)cc3)sc2c1. The average Bonchev–Trinajstić information content (AvgIpc) is 3.37. The fourth-order valence-corrected chi connectivity index (χ4v) is 4.68. The summed E-state index contributed by atoms with van der Waals surface area (Å²) >= 11 is 1.25. The van der Waals surface area contributed by atoms with E-state index < -0.39 is 23.2 Å². The summed E-state index contributed by atoms with van der Waals surface area (Å²) in [6.07, 6.45) is 0. The molecule has 0 radical (unpaired) electrons. The van der Waals surface area contributed by atoms with Crippen LogP contribution in [0.15, 0.2) is 72.8 Å². The molecule has 0 amide bonds. The lowest BCUT2D eigenvalue weighted by molar-refractivity contribution is 0.103. The second-order valence-electron chi connectivity index (χ2n) is 7.26. The number of nitrogens with zero attached hydrogens (tertiary/aromatic N) is 2. The number of methoxy groups -OCH3 is 1. The van der Waals surface area contributed by atoms with Crippen LogP contribution >= 0.6 is 11.3 Å². The van der Waals surface area contributed by atoms with Crippen LogP contribution < -0.4 is 4.74 Å². The Morgan fingerprint density at radius 3 is 2.45 bits per heavy atom. The number of carbonyl (C=O) groups excluding carboxylic acids is 1. The van der Waals surface area contributed by atoms with Crippen LogP contribution in [0.3, 0.4) is 0 Å². The number of aromatic nitrogens is 2. The molecular formula is C25H17FN2O4S. The van der Waals surface area contributed by atoms with Gasteiger partial charge in [-0.05, 0) is 48.0 Å². The van der Waals surface area contributed by atoms with Crippen molar-refractivity contribution in [2.24, 2.45) is 0 Å². The predicted molar refractivity (Wildman–Crippen MR) is 124 cm³/mol. The standard InChI is InChI=1S/C25H17FN2O4S/c1-32-17-11-12-18-19(13-17)33-25(27-18)28-21(14-7-9-16(26)10-8-14)20(23(30)24(28)31)22(29)15-5-3-2-4-6-15/h2-13,30-31H,1H3. The van der Waals surface area contributed by atoms with Crippen LogP contribution in [-0.2, 0) is 0 Å². The molecule has 164 valence electrons. The third-order valence-electron chi connectivity index (χ3n) is 5.28. The van der Waals surface area contributed by atoms with E-state index in [2.05, 4.69) is 4.98 Å². The van der Waals surface area contributed by atoms with E-state index in [1.165, 1.54) is 40.2 Å². The number of hydrogen-bond acceptors (Lipinski definition) is 6. The number of benzene rings is 3. The Labute approximate surface area is 191 Å². The van der Waals surface area contributed by atoms with Gasteiger partial charge in [0.05, 0.1) is 28.6 Å².